The predicted molar refractivity (Wildman–Crippen MR) is 295 cm³/mol. The van der Waals surface area contributed by atoms with Crippen molar-refractivity contribution in [3.8, 4) is 44.5 Å². The normalized spacial score (nSPS) is 14.1. The largest absolute Gasteiger partial charge is 0.463 e. The maximum atomic E-state index is 12.0. The molecule has 348 valence electrons. The van der Waals surface area contributed by atoms with E-state index in [1.165, 1.54) is 120 Å². The standard InChI is InChI=1S/C64H61IO4/c1-8-58(66)68-32-14-10-12-30-64(31-13-11-15-33-69-59(67)9-2)56-37-42(41-19-25-49-50-29-23-47(65)39-55(50)63(6,7)54(49)36-41)20-26-51(56)52-27-21-43(38-57(52)64)48-24-18-40-16-17-44-34-46(62(3,4)5)35-45-22-28-53(48)61(40)60(44)45/h8-9,16-29,34-39H,1-2,10-15,30-33H2,3-7H3. The highest BCUT2D eigenvalue weighted by Crippen LogP contribution is 2.57. The van der Waals surface area contributed by atoms with Gasteiger partial charge in [-0.1, -0.05) is 164 Å². The van der Waals surface area contributed by atoms with E-state index in [0.717, 1.165) is 51.4 Å². The molecule has 0 radical (unpaired) electrons. The minimum Gasteiger partial charge on any atom is -0.463 e. The van der Waals surface area contributed by atoms with Crippen LogP contribution in [-0.4, -0.2) is 25.2 Å². The van der Waals surface area contributed by atoms with Gasteiger partial charge in [-0.25, -0.2) is 9.59 Å². The van der Waals surface area contributed by atoms with E-state index in [4.69, 9.17) is 9.47 Å². The van der Waals surface area contributed by atoms with E-state index < -0.39 is 0 Å². The zero-order chi connectivity index (χ0) is 48.2. The van der Waals surface area contributed by atoms with Gasteiger partial charge in [-0.2, -0.15) is 0 Å². The zero-order valence-corrected chi connectivity index (χ0v) is 42.9. The van der Waals surface area contributed by atoms with Gasteiger partial charge in [0, 0.05) is 26.6 Å². The summed E-state index contributed by atoms with van der Waals surface area (Å²) in [6, 6.07) is 47.1. The van der Waals surface area contributed by atoms with Crippen molar-refractivity contribution in [3.05, 3.63) is 178 Å². The van der Waals surface area contributed by atoms with Crippen LogP contribution in [0.5, 0.6) is 0 Å². The van der Waals surface area contributed by atoms with Crippen LogP contribution in [0.1, 0.15) is 114 Å². The van der Waals surface area contributed by atoms with Gasteiger partial charge in [0.1, 0.15) is 0 Å². The summed E-state index contributed by atoms with van der Waals surface area (Å²) in [6.07, 6.45) is 9.73. The lowest BCUT2D eigenvalue weighted by Crippen LogP contribution is -2.26. The van der Waals surface area contributed by atoms with E-state index in [0.29, 0.717) is 13.2 Å². The quantitative estimate of drug-likeness (QED) is 0.0318. The third-order valence-electron chi connectivity index (χ3n) is 15.4. The van der Waals surface area contributed by atoms with Crippen LogP contribution in [0.25, 0.3) is 76.8 Å². The number of halogens is 1. The van der Waals surface area contributed by atoms with Crippen LogP contribution in [0.3, 0.4) is 0 Å². The predicted octanol–water partition coefficient (Wildman–Crippen LogP) is 17.0. The van der Waals surface area contributed by atoms with Crippen LogP contribution in [0.2, 0.25) is 0 Å². The minimum absolute atomic E-state index is 0.0468. The lowest BCUT2D eigenvalue weighted by Gasteiger charge is -2.33. The number of rotatable bonds is 16. The summed E-state index contributed by atoms with van der Waals surface area (Å²) in [4.78, 5) is 23.9. The number of ether oxygens (including phenoxy) is 2. The number of carbonyl (C=O) groups excluding carboxylic acids is 2. The lowest BCUT2D eigenvalue weighted by atomic mass is 9.70. The van der Waals surface area contributed by atoms with Crippen molar-refractivity contribution < 1.29 is 19.1 Å². The lowest BCUT2D eigenvalue weighted by molar-refractivity contribution is -0.138. The van der Waals surface area contributed by atoms with Gasteiger partial charge in [-0.15, -0.1) is 0 Å². The van der Waals surface area contributed by atoms with Crippen molar-refractivity contribution in [2.45, 2.75) is 102 Å². The van der Waals surface area contributed by atoms with Crippen LogP contribution < -0.4 is 0 Å². The van der Waals surface area contributed by atoms with Gasteiger partial charge in [-0.05, 0) is 189 Å². The van der Waals surface area contributed by atoms with Gasteiger partial charge in [0.25, 0.3) is 0 Å². The molecule has 8 aromatic rings. The molecule has 10 rings (SSSR count). The van der Waals surface area contributed by atoms with Crippen LogP contribution in [0, 0.1) is 3.57 Å². The van der Waals surface area contributed by atoms with E-state index in [9.17, 15) is 9.59 Å². The maximum absolute atomic E-state index is 12.0. The molecular weight excluding hydrogens is 960 g/mol. The molecule has 0 aromatic heterocycles. The van der Waals surface area contributed by atoms with E-state index in [1.54, 1.807) is 0 Å². The summed E-state index contributed by atoms with van der Waals surface area (Å²) in [6.45, 7) is 19.5. The number of fused-ring (bicyclic) bond motifs is 6. The highest BCUT2D eigenvalue weighted by atomic mass is 127. The summed E-state index contributed by atoms with van der Waals surface area (Å²) < 4.78 is 12.1. The summed E-state index contributed by atoms with van der Waals surface area (Å²) >= 11 is 2.44. The average molecular weight is 1020 g/mol. The minimum atomic E-state index is -0.376. The van der Waals surface area contributed by atoms with Crippen molar-refractivity contribution >= 4 is 66.8 Å². The molecule has 4 nitrogen and oxygen atoms in total. The Morgan fingerprint density at radius 3 is 1.57 bits per heavy atom. The molecule has 0 atom stereocenters. The monoisotopic (exact) mass is 1020 g/mol. The Balaban J connectivity index is 1.09. The molecule has 0 saturated heterocycles. The van der Waals surface area contributed by atoms with Gasteiger partial charge in [0.15, 0.2) is 0 Å². The summed E-state index contributed by atoms with van der Waals surface area (Å²) in [5.41, 5.74) is 16.7. The van der Waals surface area contributed by atoms with Crippen molar-refractivity contribution in [2.75, 3.05) is 13.2 Å². The molecule has 0 amide bonds. The summed E-state index contributed by atoms with van der Waals surface area (Å²) in [5, 5.41) is 7.77. The number of benzene rings is 8. The molecule has 0 N–H and O–H groups in total. The molecular formula is C64H61IO4. The Hall–Kier alpha value is -6.05. The van der Waals surface area contributed by atoms with Crippen molar-refractivity contribution in [3.63, 3.8) is 0 Å². The molecule has 2 aliphatic carbocycles. The Bertz CT molecular complexity index is 3290. The van der Waals surface area contributed by atoms with E-state index >= 15 is 0 Å². The van der Waals surface area contributed by atoms with Gasteiger partial charge in [0.05, 0.1) is 13.2 Å². The van der Waals surface area contributed by atoms with Crippen molar-refractivity contribution in [2.24, 2.45) is 0 Å². The van der Waals surface area contributed by atoms with Gasteiger partial charge >= 0.3 is 11.9 Å². The van der Waals surface area contributed by atoms with E-state index in [2.05, 4.69) is 192 Å². The molecule has 2 aliphatic rings. The second-order valence-electron chi connectivity index (χ2n) is 21.0. The molecule has 0 saturated carbocycles. The van der Waals surface area contributed by atoms with Crippen LogP contribution in [0.4, 0.5) is 0 Å². The number of unbranched alkanes of at least 4 members (excludes halogenated alkanes) is 4. The Morgan fingerprint density at radius 2 is 0.986 bits per heavy atom. The second-order valence-corrected chi connectivity index (χ2v) is 22.2. The Labute approximate surface area is 421 Å². The fourth-order valence-electron chi connectivity index (χ4n) is 11.8. The first-order chi connectivity index (χ1) is 33.2. The highest BCUT2D eigenvalue weighted by Gasteiger charge is 2.43. The van der Waals surface area contributed by atoms with Crippen LogP contribution in [0.15, 0.2) is 147 Å². The summed E-state index contributed by atoms with van der Waals surface area (Å²) in [7, 11) is 0. The molecule has 0 fully saturated rings. The molecule has 0 bridgehead atoms. The van der Waals surface area contributed by atoms with Crippen molar-refractivity contribution in [1.29, 1.82) is 0 Å². The van der Waals surface area contributed by atoms with Crippen LogP contribution >= 0.6 is 22.6 Å². The maximum Gasteiger partial charge on any atom is 0.330 e. The van der Waals surface area contributed by atoms with Gasteiger partial charge < -0.3 is 9.47 Å². The molecule has 8 aromatic carbocycles. The fourth-order valence-corrected chi connectivity index (χ4v) is 12.3. The molecule has 0 unspecified atom stereocenters. The van der Waals surface area contributed by atoms with Crippen molar-refractivity contribution in [1.82, 2.24) is 0 Å². The first kappa shape index (κ1) is 46.7. The van der Waals surface area contributed by atoms with Gasteiger partial charge in [-0.3, -0.25) is 0 Å². The van der Waals surface area contributed by atoms with E-state index in [-0.39, 0.29) is 28.2 Å². The number of carbonyl (C=O) groups is 2. The fraction of sp³-hybridized carbons (Fsp3) is 0.281. The smallest absolute Gasteiger partial charge is 0.330 e. The SMILES string of the molecule is C=CC(=O)OCCCCCC1(CCCCCOC(=O)C=C)c2cc(-c3ccc4c(c3)C(C)(C)c3cc(I)ccc3-4)ccc2-c2ccc(-c3ccc4ccc5cc(C(C)(C)C)cc6ccc3c4c56)cc21. The molecule has 69 heavy (non-hydrogen) atoms. The molecule has 0 aliphatic heterocycles. The highest BCUT2D eigenvalue weighted by molar-refractivity contribution is 14.1. The molecule has 0 spiro atoms. The van der Waals surface area contributed by atoms with E-state index in [1.807, 2.05) is 0 Å². The third-order valence-corrected chi connectivity index (χ3v) is 16.1. The van der Waals surface area contributed by atoms with Gasteiger partial charge in [0.2, 0.25) is 0 Å². The number of hydrogen-bond acceptors (Lipinski definition) is 4. The number of esters is 2. The third kappa shape index (κ3) is 8.39. The van der Waals surface area contributed by atoms with Crippen LogP contribution in [-0.2, 0) is 35.3 Å². The Morgan fingerprint density at radius 1 is 0.522 bits per heavy atom. The average Bonchev–Trinajstić information content (AvgIpc) is 3.74. The number of hydrogen-bond donors (Lipinski definition) is 0. The zero-order valence-electron chi connectivity index (χ0n) is 40.7. The molecule has 0 heterocycles. The first-order valence-corrected chi connectivity index (χ1v) is 25.9. The first-order valence-electron chi connectivity index (χ1n) is 24.8. The summed E-state index contributed by atoms with van der Waals surface area (Å²) in [5.74, 6) is -0.752. The topological polar surface area (TPSA) is 52.6 Å². The Kier molecular flexibility index (Phi) is 12.4. The molecule has 5 heteroatoms. The second kappa shape index (κ2) is 18.4.